The van der Waals surface area contributed by atoms with E-state index in [9.17, 15) is 0 Å². The third kappa shape index (κ3) is 2.61. The van der Waals surface area contributed by atoms with Gasteiger partial charge in [-0.25, -0.2) is 4.98 Å². The van der Waals surface area contributed by atoms with Crippen molar-refractivity contribution in [3.05, 3.63) is 53.3 Å². The molecule has 2 aromatic carbocycles. The van der Waals surface area contributed by atoms with Gasteiger partial charge in [0, 0.05) is 29.4 Å². The lowest BCUT2D eigenvalue weighted by atomic mass is 10.2. The molecule has 21 heavy (non-hydrogen) atoms. The number of hydrogen-bond acceptors (Lipinski definition) is 2. The van der Waals surface area contributed by atoms with Crippen LogP contribution in [0.3, 0.4) is 0 Å². The van der Waals surface area contributed by atoms with E-state index < -0.39 is 0 Å². The zero-order chi connectivity index (χ0) is 14.8. The van der Waals surface area contributed by atoms with Crippen molar-refractivity contribution >= 4 is 28.3 Å². The number of imidazole rings is 1. The van der Waals surface area contributed by atoms with Gasteiger partial charge in [-0.05, 0) is 49.4 Å². The van der Waals surface area contributed by atoms with E-state index in [0.29, 0.717) is 0 Å². The van der Waals surface area contributed by atoms with Gasteiger partial charge >= 0.3 is 0 Å². The minimum atomic E-state index is 0.732. The third-order valence-corrected chi connectivity index (χ3v) is 3.74. The van der Waals surface area contributed by atoms with Crippen molar-refractivity contribution in [1.29, 1.82) is 0 Å². The van der Waals surface area contributed by atoms with Crippen molar-refractivity contribution in [1.82, 2.24) is 9.55 Å². The lowest BCUT2D eigenvalue weighted by molar-refractivity contribution is 0.908. The van der Waals surface area contributed by atoms with Crippen LogP contribution in [-0.2, 0) is 6.42 Å². The number of fused-ring (bicyclic) bond motifs is 1. The van der Waals surface area contributed by atoms with E-state index in [0.717, 1.165) is 46.2 Å². The van der Waals surface area contributed by atoms with E-state index in [1.54, 1.807) is 0 Å². The SMILES string of the molecule is CCNc1ccc(-n2c(CC)nc3ccc(Cl)cc32)cc1. The van der Waals surface area contributed by atoms with Gasteiger partial charge in [-0.3, -0.25) is 4.57 Å². The molecule has 0 fully saturated rings. The standard InChI is InChI=1S/C17H18ClN3/c1-3-17-20-15-10-5-12(18)11-16(15)21(17)14-8-6-13(7-9-14)19-4-2/h5-11,19H,3-4H2,1-2H3. The molecule has 108 valence electrons. The van der Waals surface area contributed by atoms with Gasteiger partial charge in [-0.15, -0.1) is 0 Å². The molecule has 0 spiro atoms. The fourth-order valence-electron chi connectivity index (χ4n) is 2.56. The van der Waals surface area contributed by atoms with Crippen LogP contribution >= 0.6 is 11.6 Å². The fourth-order valence-corrected chi connectivity index (χ4v) is 2.72. The maximum Gasteiger partial charge on any atom is 0.114 e. The van der Waals surface area contributed by atoms with Crippen molar-refractivity contribution in [3.63, 3.8) is 0 Å². The highest BCUT2D eigenvalue weighted by atomic mass is 35.5. The molecular formula is C17H18ClN3. The summed E-state index contributed by atoms with van der Waals surface area (Å²) in [6.45, 7) is 5.13. The smallest absolute Gasteiger partial charge is 0.114 e. The first-order valence-corrected chi connectivity index (χ1v) is 7.62. The van der Waals surface area contributed by atoms with Crippen LogP contribution in [0, 0.1) is 0 Å². The summed E-state index contributed by atoms with van der Waals surface area (Å²) in [4.78, 5) is 4.70. The molecule has 0 amide bonds. The van der Waals surface area contributed by atoms with Crippen molar-refractivity contribution in [3.8, 4) is 5.69 Å². The first-order chi connectivity index (χ1) is 10.2. The van der Waals surface area contributed by atoms with Crippen molar-refractivity contribution in [2.75, 3.05) is 11.9 Å². The summed E-state index contributed by atoms with van der Waals surface area (Å²) in [5, 5.41) is 4.04. The highest BCUT2D eigenvalue weighted by Crippen LogP contribution is 2.25. The van der Waals surface area contributed by atoms with Crippen molar-refractivity contribution in [2.24, 2.45) is 0 Å². The zero-order valence-corrected chi connectivity index (χ0v) is 13.0. The number of nitrogens with zero attached hydrogens (tertiary/aromatic N) is 2. The van der Waals surface area contributed by atoms with Crippen LogP contribution in [-0.4, -0.2) is 16.1 Å². The monoisotopic (exact) mass is 299 g/mol. The topological polar surface area (TPSA) is 29.9 Å². The molecular weight excluding hydrogens is 282 g/mol. The molecule has 0 bridgehead atoms. The Bertz CT molecular complexity index is 760. The molecule has 3 aromatic rings. The summed E-state index contributed by atoms with van der Waals surface area (Å²) in [7, 11) is 0. The molecule has 4 heteroatoms. The van der Waals surface area contributed by atoms with E-state index in [-0.39, 0.29) is 0 Å². The van der Waals surface area contributed by atoms with Gasteiger partial charge in [-0.1, -0.05) is 18.5 Å². The second kappa shape index (κ2) is 5.78. The highest BCUT2D eigenvalue weighted by Gasteiger charge is 2.11. The van der Waals surface area contributed by atoms with Crippen LogP contribution in [0.2, 0.25) is 5.02 Å². The minimum Gasteiger partial charge on any atom is -0.385 e. The molecule has 0 atom stereocenters. The quantitative estimate of drug-likeness (QED) is 0.758. The number of hydrogen-bond donors (Lipinski definition) is 1. The number of halogens is 1. The molecule has 1 N–H and O–H groups in total. The Morgan fingerprint density at radius 1 is 1.10 bits per heavy atom. The summed E-state index contributed by atoms with van der Waals surface area (Å²) in [6, 6.07) is 14.2. The van der Waals surface area contributed by atoms with E-state index in [4.69, 9.17) is 16.6 Å². The summed E-state index contributed by atoms with van der Waals surface area (Å²) in [5.74, 6) is 1.04. The summed E-state index contributed by atoms with van der Waals surface area (Å²) in [5.41, 5.74) is 4.27. The Kier molecular flexibility index (Phi) is 3.84. The van der Waals surface area contributed by atoms with Gasteiger partial charge in [0.25, 0.3) is 0 Å². The number of nitrogens with one attached hydrogen (secondary N) is 1. The van der Waals surface area contributed by atoms with Gasteiger partial charge in [-0.2, -0.15) is 0 Å². The van der Waals surface area contributed by atoms with Crippen LogP contribution < -0.4 is 5.32 Å². The van der Waals surface area contributed by atoms with Crippen LogP contribution in [0.4, 0.5) is 5.69 Å². The van der Waals surface area contributed by atoms with Gasteiger partial charge in [0.2, 0.25) is 0 Å². The number of anilines is 1. The lowest BCUT2D eigenvalue weighted by Gasteiger charge is -2.10. The van der Waals surface area contributed by atoms with Gasteiger partial charge in [0.1, 0.15) is 5.82 Å². The first-order valence-electron chi connectivity index (χ1n) is 7.24. The third-order valence-electron chi connectivity index (χ3n) is 3.51. The van der Waals surface area contributed by atoms with Crippen molar-refractivity contribution < 1.29 is 0 Å². The Hall–Kier alpha value is -2.00. The number of rotatable bonds is 4. The van der Waals surface area contributed by atoms with Gasteiger partial charge < -0.3 is 5.32 Å². The second-order valence-corrected chi connectivity index (χ2v) is 5.36. The maximum absolute atomic E-state index is 6.15. The van der Waals surface area contributed by atoms with Gasteiger partial charge in [0.15, 0.2) is 0 Å². The number of aromatic nitrogens is 2. The van der Waals surface area contributed by atoms with Crippen LogP contribution in [0.25, 0.3) is 16.7 Å². The highest BCUT2D eigenvalue weighted by molar-refractivity contribution is 6.31. The first kappa shape index (κ1) is 14.0. The van der Waals surface area contributed by atoms with E-state index >= 15 is 0 Å². The van der Waals surface area contributed by atoms with Crippen LogP contribution in [0.1, 0.15) is 19.7 Å². The predicted molar refractivity (Wildman–Crippen MR) is 89.6 cm³/mol. The van der Waals surface area contributed by atoms with Crippen LogP contribution in [0.15, 0.2) is 42.5 Å². The molecule has 1 heterocycles. The van der Waals surface area contributed by atoms with Crippen LogP contribution in [0.5, 0.6) is 0 Å². The average Bonchev–Trinajstić information content (AvgIpc) is 2.86. The molecule has 0 saturated carbocycles. The Morgan fingerprint density at radius 2 is 1.86 bits per heavy atom. The Labute approximate surface area is 129 Å². The second-order valence-electron chi connectivity index (χ2n) is 4.93. The average molecular weight is 300 g/mol. The predicted octanol–water partition coefficient (Wildman–Crippen LogP) is 4.67. The lowest BCUT2D eigenvalue weighted by Crippen LogP contribution is -2.01. The molecule has 0 unspecified atom stereocenters. The normalized spacial score (nSPS) is 11.0. The van der Waals surface area contributed by atoms with Gasteiger partial charge in [0.05, 0.1) is 11.0 Å². The molecule has 0 radical (unpaired) electrons. The van der Waals surface area contributed by atoms with E-state index in [2.05, 4.69) is 48.0 Å². The number of benzene rings is 2. The fraction of sp³-hybridized carbons (Fsp3) is 0.235. The largest absolute Gasteiger partial charge is 0.385 e. The molecule has 3 rings (SSSR count). The molecule has 0 aliphatic rings. The molecule has 0 aliphatic heterocycles. The Balaban J connectivity index is 2.15. The minimum absolute atomic E-state index is 0.732. The van der Waals surface area contributed by atoms with E-state index in [1.807, 2.05) is 18.2 Å². The maximum atomic E-state index is 6.15. The zero-order valence-electron chi connectivity index (χ0n) is 12.2. The summed E-state index contributed by atoms with van der Waals surface area (Å²) in [6.07, 6.45) is 0.876. The number of aryl methyl sites for hydroxylation is 1. The summed E-state index contributed by atoms with van der Waals surface area (Å²) < 4.78 is 2.18. The van der Waals surface area contributed by atoms with Crippen molar-refractivity contribution in [2.45, 2.75) is 20.3 Å². The van der Waals surface area contributed by atoms with E-state index in [1.165, 1.54) is 0 Å². The summed E-state index contributed by atoms with van der Waals surface area (Å²) >= 11 is 6.15. The molecule has 1 aromatic heterocycles. The molecule has 3 nitrogen and oxygen atoms in total. The molecule has 0 saturated heterocycles. The molecule has 0 aliphatic carbocycles. The Morgan fingerprint density at radius 3 is 2.52 bits per heavy atom.